The summed E-state index contributed by atoms with van der Waals surface area (Å²) in [5, 5.41) is 2.85. The summed E-state index contributed by atoms with van der Waals surface area (Å²) in [6, 6.07) is 12.7. The minimum atomic E-state index is -0.513. The maximum atomic E-state index is 12.6. The molecule has 3 rings (SSSR count). The second-order valence-electron chi connectivity index (χ2n) is 7.13. The zero-order valence-corrected chi connectivity index (χ0v) is 17.7. The Morgan fingerprint density at radius 3 is 2.31 bits per heavy atom. The summed E-state index contributed by atoms with van der Waals surface area (Å²) in [5.41, 5.74) is 4.17. The van der Waals surface area contributed by atoms with Crippen molar-refractivity contribution in [3.8, 4) is 0 Å². The SMILES string of the molecule is CC(=O)c1ccc(NC(=O)C[C@H]2SC(=Nc3cc(C)cc(C)c3)N(C)C2=O)cc1. The number of Topliss-reactive ketones (excluding diaryl/α,β-unsaturated/α-hetero) is 1. The minimum absolute atomic E-state index is 0.0329. The number of benzene rings is 2. The fourth-order valence-electron chi connectivity index (χ4n) is 3.09. The molecule has 1 fully saturated rings. The highest BCUT2D eigenvalue weighted by Crippen LogP contribution is 2.31. The Morgan fingerprint density at radius 1 is 1.10 bits per heavy atom. The lowest BCUT2D eigenvalue weighted by atomic mass is 10.1. The topological polar surface area (TPSA) is 78.8 Å². The fourth-order valence-corrected chi connectivity index (χ4v) is 4.25. The molecule has 0 radical (unpaired) electrons. The molecule has 150 valence electrons. The first-order valence-corrected chi connectivity index (χ1v) is 10.1. The number of thioether (sulfide) groups is 1. The molecule has 1 aliphatic rings. The van der Waals surface area contributed by atoms with E-state index in [2.05, 4.69) is 16.4 Å². The summed E-state index contributed by atoms with van der Waals surface area (Å²) in [4.78, 5) is 42.4. The molecule has 0 bridgehead atoms. The van der Waals surface area contributed by atoms with E-state index < -0.39 is 5.25 Å². The Balaban J connectivity index is 1.66. The van der Waals surface area contributed by atoms with E-state index in [1.165, 1.54) is 23.6 Å². The zero-order chi connectivity index (χ0) is 21.1. The van der Waals surface area contributed by atoms with Crippen LogP contribution in [0.3, 0.4) is 0 Å². The number of amidine groups is 1. The van der Waals surface area contributed by atoms with E-state index in [0.717, 1.165) is 16.8 Å². The van der Waals surface area contributed by atoms with Crippen LogP contribution in [-0.4, -0.2) is 40.0 Å². The molecule has 29 heavy (non-hydrogen) atoms. The van der Waals surface area contributed by atoms with Crippen LogP contribution >= 0.6 is 11.8 Å². The number of nitrogens with zero attached hydrogens (tertiary/aromatic N) is 2. The Kier molecular flexibility index (Phi) is 6.17. The first kappa shape index (κ1) is 20.8. The molecule has 1 saturated heterocycles. The molecule has 1 N–H and O–H groups in total. The molecule has 2 amide bonds. The Morgan fingerprint density at radius 2 is 1.72 bits per heavy atom. The van der Waals surface area contributed by atoms with Gasteiger partial charge in [0.15, 0.2) is 11.0 Å². The molecule has 0 unspecified atom stereocenters. The van der Waals surface area contributed by atoms with Crippen molar-refractivity contribution in [2.45, 2.75) is 32.4 Å². The number of amides is 2. The monoisotopic (exact) mass is 409 g/mol. The van der Waals surface area contributed by atoms with Crippen molar-refractivity contribution in [2.24, 2.45) is 4.99 Å². The Hall–Kier alpha value is -2.93. The van der Waals surface area contributed by atoms with Crippen LogP contribution in [0.2, 0.25) is 0 Å². The van der Waals surface area contributed by atoms with Crippen LogP contribution in [0.4, 0.5) is 11.4 Å². The van der Waals surface area contributed by atoms with E-state index in [9.17, 15) is 14.4 Å². The largest absolute Gasteiger partial charge is 0.326 e. The number of hydrogen-bond acceptors (Lipinski definition) is 5. The summed E-state index contributed by atoms with van der Waals surface area (Å²) >= 11 is 1.30. The normalized spacial score (nSPS) is 17.7. The second-order valence-corrected chi connectivity index (χ2v) is 8.30. The molecule has 1 aliphatic heterocycles. The van der Waals surface area contributed by atoms with E-state index >= 15 is 0 Å². The van der Waals surface area contributed by atoms with Gasteiger partial charge in [0.25, 0.3) is 0 Å². The van der Waals surface area contributed by atoms with Crippen LogP contribution in [-0.2, 0) is 9.59 Å². The number of aryl methyl sites for hydroxylation is 2. The van der Waals surface area contributed by atoms with Gasteiger partial charge in [0, 0.05) is 24.7 Å². The van der Waals surface area contributed by atoms with E-state index in [4.69, 9.17) is 0 Å². The van der Waals surface area contributed by atoms with Crippen LogP contribution in [0.15, 0.2) is 47.5 Å². The quantitative estimate of drug-likeness (QED) is 0.754. The van der Waals surface area contributed by atoms with Gasteiger partial charge in [-0.25, -0.2) is 4.99 Å². The van der Waals surface area contributed by atoms with Crippen molar-refractivity contribution in [1.82, 2.24) is 4.90 Å². The van der Waals surface area contributed by atoms with Gasteiger partial charge >= 0.3 is 0 Å². The number of anilines is 1. The number of ketones is 1. The van der Waals surface area contributed by atoms with Crippen LogP contribution in [0.1, 0.15) is 34.8 Å². The molecule has 2 aromatic rings. The third-order valence-electron chi connectivity index (χ3n) is 4.52. The predicted octanol–water partition coefficient (Wildman–Crippen LogP) is 4.10. The molecule has 6 nitrogen and oxygen atoms in total. The lowest BCUT2D eigenvalue weighted by Crippen LogP contribution is -2.30. The number of carbonyl (C=O) groups is 3. The van der Waals surface area contributed by atoms with Crippen LogP contribution in [0, 0.1) is 13.8 Å². The molecule has 7 heteroatoms. The van der Waals surface area contributed by atoms with E-state index in [1.807, 2.05) is 26.0 Å². The van der Waals surface area contributed by atoms with E-state index in [0.29, 0.717) is 16.4 Å². The van der Waals surface area contributed by atoms with Crippen molar-refractivity contribution < 1.29 is 14.4 Å². The van der Waals surface area contributed by atoms with Gasteiger partial charge in [0.05, 0.1) is 5.69 Å². The average molecular weight is 410 g/mol. The van der Waals surface area contributed by atoms with Crippen molar-refractivity contribution >= 4 is 45.9 Å². The molecule has 0 aliphatic carbocycles. The zero-order valence-electron chi connectivity index (χ0n) is 16.9. The highest BCUT2D eigenvalue weighted by Gasteiger charge is 2.37. The summed E-state index contributed by atoms with van der Waals surface area (Å²) in [7, 11) is 1.68. The molecule has 2 aromatic carbocycles. The molecule has 0 spiro atoms. The van der Waals surface area contributed by atoms with E-state index in [1.54, 1.807) is 31.3 Å². The van der Waals surface area contributed by atoms with Gasteiger partial charge in [-0.1, -0.05) is 17.8 Å². The Bertz CT molecular complexity index is 979. The van der Waals surface area contributed by atoms with Crippen molar-refractivity contribution in [3.63, 3.8) is 0 Å². The lowest BCUT2D eigenvalue weighted by Gasteiger charge is -2.10. The molecule has 1 heterocycles. The Labute approximate surface area is 174 Å². The van der Waals surface area contributed by atoms with Crippen LogP contribution in [0.5, 0.6) is 0 Å². The van der Waals surface area contributed by atoms with Gasteiger partial charge in [-0.15, -0.1) is 0 Å². The minimum Gasteiger partial charge on any atom is -0.326 e. The van der Waals surface area contributed by atoms with Crippen LogP contribution in [0.25, 0.3) is 0 Å². The predicted molar refractivity (Wildman–Crippen MR) is 117 cm³/mol. The van der Waals surface area contributed by atoms with Gasteiger partial charge in [0.1, 0.15) is 5.25 Å². The number of hydrogen-bond donors (Lipinski definition) is 1. The van der Waals surface area contributed by atoms with Crippen molar-refractivity contribution in [3.05, 3.63) is 59.2 Å². The highest BCUT2D eigenvalue weighted by molar-refractivity contribution is 8.15. The fraction of sp³-hybridized carbons (Fsp3) is 0.273. The first-order chi connectivity index (χ1) is 13.7. The van der Waals surface area contributed by atoms with Crippen molar-refractivity contribution in [2.75, 3.05) is 12.4 Å². The molecular weight excluding hydrogens is 386 g/mol. The maximum Gasteiger partial charge on any atom is 0.242 e. The third-order valence-corrected chi connectivity index (χ3v) is 5.75. The van der Waals surface area contributed by atoms with Gasteiger partial charge in [0.2, 0.25) is 11.8 Å². The molecule has 0 saturated carbocycles. The summed E-state index contributed by atoms with van der Waals surface area (Å²) in [5.74, 6) is -0.429. The first-order valence-electron chi connectivity index (χ1n) is 9.25. The number of nitrogens with one attached hydrogen (secondary N) is 1. The summed E-state index contributed by atoms with van der Waals surface area (Å²) in [6.07, 6.45) is 0.0498. The molecule has 1 atom stereocenters. The van der Waals surface area contributed by atoms with Gasteiger partial charge in [-0.05, 0) is 68.3 Å². The third kappa shape index (κ3) is 5.12. The summed E-state index contributed by atoms with van der Waals surface area (Å²) < 4.78 is 0. The summed E-state index contributed by atoms with van der Waals surface area (Å²) in [6.45, 7) is 5.50. The van der Waals surface area contributed by atoms with Gasteiger partial charge in [-0.2, -0.15) is 0 Å². The smallest absolute Gasteiger partial charge is 0.242 e. The number of carbonyl (C=O) groups excluding carboxylic acids is 3. The van der Waals surface area contributed by atoms with Gasteiger partial charge < -0.3 is 5.32 Å². The average Bonchev–Trinajstić information content (AvgIpc) is 2.89. The standard InChI is InChI=1S/C22H23N3O3S/c1-13-9-14(2)11-18(10-13)24-22-25(4)21(28)19(29-22)12-20(27)23-17-7-5-16(6-8-17)15(3)26/h5-11,19H,12H2,1-4H3,(H,23,27)/t19-/m1/s1. The van der Waals surface area contributed by atoms with Gasteiger partial charge in [-0.3, -0.25) is 19.3 Å². The maximum absolute atomic E-state index is 12.6. The van der Waals surface area contributed by atoms with E-state index in [-0.39, 0.29) is 24.0 Å². The molecular formula is C22H23N3O3S. The van der Waals surface area contributed by atoms with Crippen molar-refractivity contribution in [1.29, 1.82) is 0 Å². The second kappa shape index (κ2) is 8.61. The molecule has 0 aromatic heterocycles. The number of rotatable bonds is 5. The number of aliphatic imine (C=N–C) groups is 1. The lowest BCUT2D eigenvalue weighted by molar-refractivity contribution is -0.127. The highest BCUT2D eigenvalue weighted by atomic mass is 32.2. The van der Waals surface area contributed by atoms with Crippen LogP contribution < -0.4 is 5.32 Å².